The molecule has 0 aliphatic heterocycles. The molecule has 0 radical (unpaired) electrons. The van der Waals surface area contributed by atoms with Crippen LogP contribution in [-0.4, -0.2) is 0 Å². The maximum atomic E-state index is 14.9. The Kier molecular flexibility index (Phi) is 7.04. The molecule has 0 aliphatic rings. The van der Waals surface area contributed by atoms with Crippen LogP contribution in [-0.2, 0) is 12.8 Å². The van der Waals surface area contributed by atoms with Gasteiger partial charge < -0.3 is 0 Å². The molecule has 0 aliphatic carbocycles. The summed E-state index contributed by atoms with van der Waals surface area (Å²) in [6, 6.07) is 17.9. The normalized spacial score (nSPS) is 10.5. The number of allylic oxidation sites excluding steroid dienone is 1. The minimum Gasteiger partial charge on any atom is -0.205 e. The van der Waals surface area contributed by atoms with E-state index in [4.69, 9.17) is 0 Å². The van der Waals surface area contributed by atoms with E-state index < -0.39 is 0 Å². The third-order valence-corrected chi connectivity index (χ3v) is 5.02. The fourth-order valence-corrected chi connectivity index (χ4v) is 3.34. The van der Waals surface area contributed by atoms with Crippen molar-refractivity contribution in [1.82, 2.24) is 0 Å². The molecular weight excluding hydrogens is 343 g/mol. The molecule has 0 N–H and O–H groups in total. The quantitative estimate of drug-likeness (QED) is 0.234. The molecule has 0 fully saturated rings. The van der Waals surface area contributed by atoms with Gasteiger partial charge in [-0.25, -0.2) is 4.39 Å². The van der Waals surface area contributed by atoms with Crippen LogP contribution in [0.1, 0.15) is 54.9 Å². The van der Waals surface area contributed by atoms with Crippen LogP contribution in [0, 0.1) is 17.7 Å². The van der Waals surface area contributed by atoms with Crippen LogP contribution in [0.15, 0.2) is 67.3 Å². The maximum Gasteiger partial charge on any atom is 0.146 e. The monoisotopic (exact) mass is 370 g/mol. The van der Waals surface area contributed by atoms with Crippen molar-refractivity contribution in [3.05, 3.63) is 95.3 Å². The van der Waals surface area contributed by atoms with E-state index in [1.54, 1.807) is 6.07 Å². The second-order valence-corrected chi connectivity index (χ2v) is 7.21. The molecule has 3 rings (SSSR count). The zero-order chi connectivity index (χ0) is 19.8. The van der Waals surface area contributed by atoms with E-state index in [2.05, 4.69) is 43.5 Å². The van der Waals surface area contributed by atoms with Gasteiger partial charge >= 0.3 is 0 Å². The number of hydrogen-bond donors (Lipinski definition) is 0. The zero-order valence-corrected chi connectivity index (χ0v) is 16.6. The Hall–Kier alpha value is -2.85. The van der Waals surface area contributed by atoms with Gasteiger partial charge in [-0.3, -0.25) is 0 Å². The molecule has 28 heavy (non-hydrogen) atoms. The Labute approximate surface area is 168 Å². The third-order valence-electron chi connectivity index (χ3n) is 5.02. The summed E-state index contributed by atoms with van der Waals surface area (Å²) in [5.74, 6) is 5.86. The number of fused-ring (bicyclic) bond motifs is 1. The Morgan fingerprint density at radius 3 is 2.43 bits per heavy atom. The molecule has 0 nitrogen and oxygen atoms in total. The summed E-state index contributed by atoms with van der Waals surface area (Å²) in [6.45, 7) is 5.95. The molecule has 0 bridgehead atoms. The molecule has 0 unspecified atom stereocenters. The fraction of sp³-hybridized carbons (Fsp3) is 0.259. The van der Waals surface area contributed by atoms with Gasteiger partial charge in [0.1, 0.15) is 5.82 Å². The standard InChI is InChI=1S/C27H27F/c1-3-5-7-9-23-15-19-26-25(20-23)18-17-24(27(26)28)16-14-22-12-10-21(11-13-22)8-6-4-2/h4,10-13,15,17-20H,2-3,5-9H2,1H3. The van der Waals surface area contributed by atoms with Crippen molar-refractivity contribution in [2.45, 2.75) is 45.4 Å². The van der Waals surface area contributed by atoms with Gasteiger partial charge in [-0.2, -0.15) is 0 Å². The maximum absolute atomic E-state index is 14.9. The van der Waals surface area contributed by atoms with Crippen molar-refractivity contribution in [3.8, 4) is 11.8 Å². The summed E-state index contributed by atoms with van der Waals surface area (Å²) in [6.07, 6.45) is 8.54. The molecule has 1 heteroatoms. The number of benzene rings is 3. The van der Waals surface area contributed by atoms with Gasteiger partial charge in [0, 0.05) is 10.9 Å². The lowest BCUT2D eigenvalue weighted by molar-refractivity contribution is 0.636. The Morgan fingerprint density at radius 2 is 1.68 bits per heavy atom. The molecule has 0 spiro atoms. The van der Waals surface area contributed by atoms with Crippen LogP contribution in [0.4, 0.5) is 4.39 Å². The number of aryl methyl sites for hydroxylation is 2. The van der Waals surface area contributed by atoms with E-state index in [1.807, 2.05) is 36.4 Å². The summed E-state index contributed by atoms with van der Waals surface area (Å²) >= 11 is 0. The predicted molar refractivity (Wildman–Crippen MR) is 118 cm³/mol. The average Bonchev–Trinajstić information content (AvgIpc) is 2.73. The van der Waals surface area contributed by atoms with Gasteiger partial charge in [0.15, 0.2) is 0 Å². The Balaban J connectivity index is 1.78. The molecule has 0 atom stereocenters. The molecule has 3 aromatic carbocycles. The first-order valence-corrected chi connectivity index (χ1v) is 10.1. The second-order valence-electron chi connectivity index (χ2n) is 7.21. The average molecular weight is 371 g/mol. The van der Waals surface area contributed by atoms with Crippen molar-refractivity contribution in [2.24, 2.45) is 0 Å². The molecule has 0 heterocycles. The molecule has 0 amide bonds. The van der Waals surface area contributed by atoms with Crippen LogP contribution in [0.3, 0.4) is 0 Å². The lowest BCUT2D eigenvalue weighted by atomic mass is 10.0. The van der Waals surface area contributed by atoms with Gasteiger partial charge in [-0.15, -0.1) is 6.58 Å². The van der Waals surface area contributed by atoms with Crippen molar-refractivity contribution >= 4 is 10.8 Å². The smallest absolute Gasteiger partial charge is 0.146 e. The highest BCUT2D eigenvalue weighted by molar-refractivity contribution is 5.85. The highest BCUT2D eigenvalue weighted by Crippen LogP contribution is 2.23. The summed E-state index contributed by atoms with van der Waals surface area (Å²) in [7, 11) is 0. The first-order chi connectivity index (χ1) is 13.7. The van der Waals surface area contributed by atoms with E-state index in [9.17, 15) is 4.39 Å². The van der Waals surface area contributed by atoms with Crippen LogP contribution in [0.2, 0.25) is 0 Å². The van der Waals surface area contributed by atoms with Crippen molar-refractivity contribution < 1.29 is 4.39 Å². The first-order valence-electron chi connectivity index (χ1n) is 10.1. The van der Waals surface area contributed by atoms with E-state index in [1.165, 1.54) is 30.4 Å². The first kappa shape index (κ1) is 19.9. The third kappa shape index (κ3) is 5.11. The topological polar surface area (TPSA) is 0 Å². The van der Waals surface area contributed by atoms with E-state index >= 15 is 0 Å². The van der Waals surface area contributed by atoms with Crippen LogP contribution in [0.25, 0.3) is 10.8 Å². The lowest BCUT2D eigenvalue weighted by Gasteiger charge is -2.06. The Bertz CT molecular complexity index is 1000. The minimum absolute atomic E-state index is 0.229. The van der Waals surface area contributed by atoms with Gasteiger partial charge in [0.05, 0.1) is 5.56 Å². The SMILES string of the molecule is C=CCCc1ccc(C#Cc2ccc3cc(CCCCC)ccc3c2F)cc1. The predicted octanol–water partition coefficient (Wildman–Crippen LogP) is 7.23. The number of hydrogen-bond acceptors (Lipinski definition) is 0. The van der Waals surface area contributed by atoms with Crippen LogP contribution >= 0.6 is 0 Å². The largest absolute Gasteiger partial charge is 0.205 e. The minimum atomic E-state index is -0.229. The van der Waals surface area contributed by atoms with Gasteiger partial charge in [-0.1, -0.05) is 74.1 Å². The zero-order valence-electron chi connectivity index (χ0n) is 16.6. The Morgan fingerprint density at radius 1 is 0.893 bits per heavy atom. The van der Waals surface area contributed by atoms with E-state index in [0.29, 0.717) is 10.9 Å². The summed E-state index contributed by atoms with van der Waals surface area (Å²) in [4.78, 5) is 0. The molecule has 0 saturated carbocycles. The summed E-state index contributed by atoms with van der Waals surface area (Å²) < 4.78 is 14.9. The highest BCUT2D eigenvalue weighted by Gasteiger charge is 2.06. The summed E-state index contributed by atoms with van der Waals surface area (Å²) in [5, 5.41) is 1.59. The molecular formula is C27H27F. The molecule has 0 aromatic heterocycles. The van der Waals surface area contributed by atoms with Crippen molar-refractivity contribution in [2.75, 3.05) is 0 Å². The molecule has 142 valence electrons. The van der Waals surface area contributed by atoms with Crippen molar-refractivity contribution in [3.63, 3.8) is 0 Å². The van der Waals surface area contributed by atoms with Gasteiger partial charge in [0.25, 0.3) is 0 Å². The highest BCUT2D eigenvalue weighted by atomic mass is 19.1. The second kappa shape index (κ2) is 9.90. The molecule has 0 saturated heterocycles. The van der Waals surface area contributed by atoms with E-state index in [-0.39, 0.29) is 5.82 Å². The number of rotatable bonds is 7. The summed E-state index contributed by atoms with van der Waals surface area (Å²) in [5.41, 5.74) is 3.88. The number of halogens is 1. The number of unbranched alkanes of at least 4 members (excludes halogenated alkanes) is 2. The van der Waals surface area contributed by atoms with Crippen LogP contribution in [0.5, 0.6) is 0 Å². The fourth-order valence-electron chi connectivity index (χ4n) is 3.34. The van der Waals surface area contributed by atoms with Crippen molar-refractivity contribution in [1.29, 1.82) is 0 Å². The van der Waals surface area contributed by atoms with Gasteiger partial charge in [0.2, 0.25) is 0 Å². The lowest BCUT2D eigenvalue weighted by Crippen LogP contribution is -1.90. The molecule has 3 aromatic rings. The van der Waals surface area contributed by atoms with Gasteiger partial charge in [-0.05, 0) is 60.4 Å². The van der Waals surface area contributed by atoms with E-state index in [0.717, 1.165) is 30.2 Å². The van der Waals surface area contributed by atoms with Crippen LogP contribution < -0.4 is 0 Å².